The molecule has 0 amide bonds. The number of ketones is 1. The number of carboxylic acid groups (broad SMARTS) is 2. The van der Waals surface area contributed by atoms with Crippen molar-refractivity contribution >= 4 is 17.7 Å². The topological polar surface area (TPSA) is 117 Å². The third-order valence-corrected chi connectivity index (χ3v) is 3.64. The molecule has 0 aliphatic rings. The summed E-state index contributed by atoms with van der Waals surface area (Å²) in [6.45, 7) is 8.00. The van der Waals surface area contributed by atoms with Crippen LogP contribution < -0.4 is 4.74 Å². The molecule has 0 fully saturated rings. The van der Waals surface area contributed by atoms with Gasteiger partial charge < -0.3 is 19.8 Å². The van der Waals surface area contributed by atoms with Crippen molar-refractivity contribution in [3.8, 4) is 5.88 Å². The second-order valence-electron chi connectivity index (χ2n) is 6.26. The lowest BCUT2D eigenvalue weighted by molar-refractivity contribution is -0.134. The summed E-state index contributed by atoms with van der Waals surface area (Å²) in [4.78, 5) is 36.6. The number of pyridine rings is 1. The van der Waals surface area contributed by atoms with Crippen molar-refractivity contribution in [2.24, 2.45) is 0 Å². The number of aliphatic carboxylic acids is 2. The number of Topliss-reactive ketones (excluding diaryl/α,β-unsaturated/α-hetero) is 1. The molecule has 0 radical (unpaired) electrons. The predicted octanol–water partition coefficient (Wildman–Crippen LogP) is 3.05. The summed E-state index contributed by atoms with van der Waals surface area (Å²) in [6.07, 6.45) is 9.21. The molecule has 1 aromatic heterocycles. The van der Waals surface area contributed by atoms with Gasteiger partial charge in [0.15, 0.2) is 5.78 Å². The molecule has 0 aliphatic carbocycles. The molecule has 1 heterocycles. The monoisotopic (exact) mass is 406 g/mol. The van der Waals surface area contributed by atoms with Gasteiger partial charge in [-0.15, -0.1) is 6.58 Å². The van der Waals surface area contributed by atoms with E-state index < -0.39 is 11.9 Å². The number of unbranched alkanes of at least 4 members (excludes halogenated alkanes) is 3. The van der Waals surface area contributed by atoms with Gasteiger partial charge in [-0.05, 0) is 39.4 Å². The fourth-order valence-electron chi connectivity index (χ4n) is 2.14. The molecule has 0 bridgehead atoms. The third kappa shape index (κ3) is 15.7. The normalized spacial score (nSPS) is 10.3. The lowest BCUT2D eigenvalue weighted by Gasteiger charge is -2.13. The predicted molar refractivity (Wildman–Crippen MR) is 110 cm³/mol. The van der Waals surface area contributed by atoms with Crippen LogP contribution in [0.15, 0.2) is 43.1 Å². The van der Waals surface area contributed by atoms with Crippen molar-refractivity contribution in [3.05, 3.63) is 48.7 Å². The molecule has 0 saturated heterocycles. The van der Waals surface area contributed by atoms with Crippen molar-refractivity contribution in [2.45, 2.75) is 32.6 Å². The van der Waals surface area contributed by atoms with Crippen LogP contribution in [0.3, 0.4) is 0 Å². The van der Waals surface area contributed by atoms with E-state index in [1.54, 1.807) is 18.3 Å². The fourth-order valence-corrected chi connectivity index (χ4v) is 2.14. The Morgan fingerprint density at radius 3 is 2.21 bits per heavy atom. The standard InChI is InChI=1S/C17H26N2O2.C4H4O4/c1-4-11-19(3)12-7-5-6-8-13-21-17-10-9-16(14-18-17)15(2)20;5-3(6)1-2-4(7)8/h4,9-10,14H,1,5-8,11-13H2,2-3H3;1-2H,(H,5,6)(H,7,8)/b;2-1+. The summed E-state index contributed by atoms with van der Waals surface area (Å²) in [5.41, 5.74) is 0.617. The first-order valence-electron chi connectivity index (χ1n) is 9.29. The van der Waals surface area contributed by atoms with Crippen LogP contribution in [0.25, 0.3) is 0 Å². The van der Waals surface area contributed by atoms with Crippen molar-refractivity contribution in [1.82, 2.24) is 9.88 Å². The summed E-state index contributed by atoms with van der Waals surface area (Å²) in [6, 6.07) is 3.50. The van der Waals surface area contributed by atoms with Crippen LogP contribution in [0, 0.1) is 0 Å². The number of carboxylic acids is 2. The van der Waals surface area contributed by atoms with Gasteiger partial charge in [-0.1, -0.05) is 18.9 Å². The van der Waals surface area contributed by atoms with Gasteiger partial charge in [0.2, 0.25) is 5.88 Å². The minimum atomic E-state index is -1.26. The van der Waals surface area contributed by atoms with E-state index in [1.165, 1.54) is 19.8 Å². The van der Waals surface area contributed by atoms with Gasteiger partial charge in [-0.25, -0.2) is 14.6 Å². The molecule has 0 saturated carbocycles. The van der Waals surface area contributed by atoms with Crippen LogP contribution in [0.4, 0.5) is 0 Å². The van der Waals surface area contributed by atoms with Crippen LogP contribution in [-0.4, -0.2) is 64.6 Å². The molecule has 0 aliphatic heterocycles. The Morgan fingerprint density at radius 2 is 1.72 bits per heavy atom. The number of rotatable bonds is 13. The molecule has 160 valence electrons. The minimum Gasteiger partial charge on any atom is -0.478 e. The maximum Gasteiger partial charge on any atom is 0.328 e. The number of hydrogen-bond acceptors (Lipinski definition) is 6. The van der Waals surface area contributed by atoms with Crippen molar-refractivity contribution in [1.29, 1.82) is 0 Å². The largest absolute Gasteiger partial charge is 0.478 e. The number of carbonyl (C=O) groups excluding carboxylic acids is 1. The van der Waals surface area contributed by atoms with Gasteiger partial charge in [-0.3, -0.25) is 4.79 Å². The Bertz CT molecular complexity index is 654. The van der Waals surface area contributed by atoms with E-state index in [4.69, 9.17) is 14.9 Å². The zero-order chi connectivity index (χ0) is 22.1. The molecule has 1 aromatic rings. The first-order chi connectivity index (χ1) is 13.8. The minimum absolute atomic E-state index is 0.0236. The molecular formula is C21H30N2O6. The Balaban J connectivity index is 0.000000828. The van der Waals surface area contributed by atoms with Crippen molar-refractivity contribution < 1.29 is 29.3 Å². The van der Waals surface area contributed by atoms with Gasteiger partial charge in [0.25, 0.3) is 0 Å². The van der Waals surface area contributed by atoms with E-state index in [2.05, 4.69) is 23.5 Å². The molecule has 8 nitrogen and oxygen atoms in total. The summed E-state index contributed by atoms with van der Waals surface area (Å²) in [7, 11) is 2.11. The summed E-state index contributed by atoms with van der Waals surface area (Å²) in [5, 5.41) is 15.6. The summed E-state index contributed by atoms with van der Waals surface area (Å²) >= 11 is 0. The highest BCUT2D eigenvalue weighted by atomic mass is 16.5. The van der Waals surface area contributed by atoms with Crippen LogP contribution >= 0.6 is 0 Å². The first kappa shape index (κ1) is 26.0. The lowest BCUT2D eigenvalue weighted by Crippen LogP contribution is -2.19. The fraction of sp³-hybridized carbons (Fsp3) is 0.429. The van der Waals surface area contributed by atoms with Crippen molar-refractivity contribution in [3.63, 3.8) is 0 Å². The average molecular weight is 406 g/mol. The van der Waals surface area contributed by atoms with Crippen LogP contribution in [0.5, 0.6) is 5.88 Å². The van der Waals surface area contributed by atoms with Crippen LogP contribution in [0.1, 0.15) is 43.0 Å². The first-order valence-corrected chi connectivity index (χ1v) is 9.29. The van der Waals surface area contributed by atoms with Gasteiger partial charge in [0.1, 0.15) is 0 Å². The van der Waals surface area contributed by atoms with Gasteiger partial charge >= 0.3 is 11.9 Å². The number of ether oxygens (including phenoxy) is 1. The zero-order valence-electron chi connectivity index (χ0n) is 17.0. The molecule has 2 N–H and O–H groups in total. The van der Waals surface area contributed by atoms with E-state index >= 15 is 0 Å². The molecular weight excluding hydrogens is 376 g/mol. The summed E-state index contributed by atoms with van der Waals surface area (Å²) < 4.78 is 5.56. The Kier molecular flexibility index (Phi) is 14.3. The Morgan fingerprint density at radius 1 is 1.10 bits per heavy atom. The number of aromatic nitrogens is 1. The molecule has 0 atom stereocenters. The highest BCUT2D eigenvalue weighted by molar-refractivity contribution is 5.93. The Labute approximate surface area is 171 Å². The van der Waals surface area contributed by atoms with E-state index in [1.807, 2.05) is 6.08 Å². The zero-order valence-corrected chi connectivity index (χ0v) is 17.0. The summed E-state index contributed by atoms with van der Waals surface area (Å²) in [5.74, 6) is -1.90. The SMILES string of the molecule is C=CCN(C)CCCCCCOc1ccc(C(C)=O)cn1.O=C(O)/C=C/C(=O)O. The maximum absolute atomic E-state index is 11.1. The van der Waals surface area contributed by atoms with Gasteiger partial charge in [0, 0.05) is 36.5 Å². The molecule has 0 unspecified atom stereocenters. The average Bonchev–Trinajstić information content (AvgIpc) is 2.66. The molecule has 0 spiro atoms. The Hall–Kier alpha value is -3.00. The third-order valence-electron chi connectivity index (χ3n) is 3.64. The van der Waals surface area contributed by atoms with Crippen LogP contribution in [0.2, 0.25) is 0 Å². The number of carbonyl (C=O) groups is 3. The molecule has 29 heavy (non-hydrogen) atoms. The second kappa shape index (κ2) is 16.0. The molecule has 0 aromatic carbocycles. The van der Waals surface area contributed by atoms with Crippen LogP contribution in [-0.2, 0) is 9.59 Å². The molecule has 8 heteroatoms. The second-order valence-corrected chi connectivity index (χ2v) is 6.26. The van der Waals surface area contributed by atoms with E-state index in [9.17, 15) is 14.4 Å². The highest BCUT2D eigenvalue weighted by Gasteiger charge is 2.01. The van der Waals surface area contributed by atoms with Crippen molar-refractivity contribution in [2.75, 3.05) is 26.7 Å². The maximum atomic E-state index is 11.1. The quantitative estimate of drug-likeness (QED) is 0.222. The van der Waals surface area contributed by atoms with Gasteiger partial charge in [0.05, 0.1) is 6.61 Å². The smallest absolute Gasteiger partial charge is 0.328 e. The number of nitrogens with zero attached hydrogens (tertiary/aromatic N) is 2. The number of likely N-dealkylation sites (N-methyl/N-ethyl adjacent to an activating group) is 1. The number of hydrogen-bond donors (Lipinski definition) is 2. The van der Waals surface area contributed by atoms with E-state index in [-0.39, 0.29) is 5.78 Å². The van der Waals surface area contributed by atoms with E-state index in [0.29, 0.717) is 30.2 Å². The van der Waals surface area contributed by atoms with Gasteiger partial charge in [-0.2, -0.15) is 0 Å². The molecule has 1 rings (SSSR count). The highest BCUT2D eigenvalue weighted by Crippen LogP contribution is 2.09. The van der Waals surface area contributed by atoms with E-state index in [0.717, 1.165) is 25.9 Å². The lowest BCUT2D eigenvalue weighted by atomic mass is 10.2.